The Morgan fingerprint density at radius 2 is 1.91 bits per heavy atom. The Balaban J connectivity index is 2.31. The average Bonchev–Trinajstić information content (AvgIpc) is 2.71. The van der Waals surface area contributed by atoms with E-state index in [1.54, 1.807) is 13.8 Å². The maximum atomic E-state index is 12.5. The fourth-order valence-corrected chi connectivity index (χ4v) is 2.28. The zero-order chi connectivity index (χ0) is 16.3. The first kappa shape index (κ1) is 15.9. The number of nitrogens with one attached hydrogen (secondary N) is 1. The van der Waals surface area contributed by atoms with Crippen LogP contribution in [0.3, 0.4) is 0 Å². The molecule has 0 amide bonds. The Kier molecular flexibility index (Phi) is 4.75. The summed E-state index contributed by atoms with van der Waals surface area (Å²) in [6, 6.07) is 1.84. The molecule has 0 spiro atoms. The molecule has 0 radical (unpaired) electrons. The first-order valence-electron chi connectivity index (χ1n) is 7.21. The van der Waals surface area contributed by atoms with Gasteiger partial charge in [0.1, 0.15) is 0 Å². The van der Waals surface area contributed by atoms with Crippen LogP contribution in [0.15, 0.2) is 10.9 Å². The van der Waals surface area contributed by atoms with Gasteiger partial charge in [-0.1, -0.05) is 0 Å². The second-order valence-electron chi connectivity index (χ2n) is 5.11. The van der Waals surface area contributed by atoms with E-state index in [9.17, 15) is 9.59 Å². The highest BCUT2D eigenvalue weighted by Gasteiger charge is 2.16. The molecule has 0 aliphatic rings. The van der Waals surface area contributed by atoms with Crippen LogP contribution in [-0.2, 0) is 16.0 Å². The van der Waals surface area contributed by atoms with Gasteiger partial charge in [0.05, 0.1) is 6.61 Å². The predicted octanol–water partition coefficient (Wildman–Crippen LogP) is 1.38. The Bertz CT molecular complexity index is 725. The molecule has 22 heavy (non-hydrogen) atoms. The largest absolute Gasteiger partial charge is 0.466 e. The number of esters is 1. The summed E-state index contributed by atoms with van der Waals surface area (Å²) in [5, 5.41) is 2.97. The highest BCUT2D eigenvalue weighted by atomic mass is 16.5. The number of aromatic nitrogens is 4. The molecule has 0 fully saturated rings. The maximum Gasteiger partial charge on any atom is 0.306 e. The standard InChI is InChI=1S/C15H20N4O3/c1-5-22-13(20)7-6-12-11(4)18-19(14(12)21)15-16-9(2)8-10(3)17-15/h8,18H,5-7H2,1-4H3. The van der Waals surface area contributed by atoms with Gasteiger partial charge in [-0.05, 0) is 40.2 Å². The van der Waals surface area contributed by atoms with Gasteiger partial charge in [0.2, 0.25) is 0 Å². The molecule has 2 aromatic heterocycles. The number of rotatable bonds is 5. The van der Waals surface area contributed by atoms with E-state index in [1.165, 1.54) is 4.68 Å². The number of aryl methyl sites for hydroxylation is 3. The van der Waals surface area contributed by atoms with Crippen molar-refractivity contribution in [2.45, 2.75) is 40.5 Å². The first-order valence-corrected chi connectivity index (χ1v) is 7.21. The maximum absolute atomic E-state index is 12.5. The third kappa shape index (κ3) is 3.41. The van der Waals surface area contributed by atoms with E-state index >= 15 is 0 Å². The molecule has 7 nitrogen and oxygen atoms in total. The van der Waals surface area contributed by atoms with Crippen LogP contribution in [0.1, 0.15) is 36.0 Å². The highest BCUT2D eigenvalue weighted by molar-refractivity contribution is 5.69. The lowest BCUT2D eigenvalue weighted by Gasteiger charge is -2.02. The lowest BCUT2D eigenvalue weighted by molar-refractivity contribution is -0.143. The van der Waals surface area contributed by atoms with Crippen LogP contribution < -0.4 is 5.56 Å². The second-order valence-corrected chi connectivity index (χ2v) is 5.11. The fourth-order valence-electron chi connectivity index (χ4n) is 2.28. The van der Waals surface area contributed by atoms with Crippen molar-refractivity contribution in [1.82, 2.24) is 19.7 Å². The molecule has 0 aliphatic heterocycles. The lowest BCUT2D eigenvalue weighted by Crippen LogP contribution is -2.21. The van der Waals surface area contributed by atoms with Gasteiger partial charge in [-0.3, -0.25) is 14.7 Å². The Morgan fingerprint density at radius 3 is 2.50 bits per heavy atom. The molecule has 0 aliphatic carbocycles. The van der Waals surface area contributed by atoms with Crippen LogP contribution in [0.2, 0.25) is 0 Å². The van der Waals surface area contributed by atoms with Crippen molar-refractivity contribution < 1.29 is 9.53 Å². The lowest BCUT2D eigenvalue weighted by atomic mass is 10.1. The number of ether oxygens (including phenoxy) is 1. The summed E-state index contributed by atoms with van der Waals surface area (Å²) < 4.78 is 6.20. The van der Waals surface area contributed by atoms with E-state index in [1.807, 2.05) is 19.9 Å². The Hall–Kier alpha value is -2.44. The van der Waals surface area contributed by atoms with Gasteiger partial charge in [-0.2, -0.15) is 4.68 Å². The SMILES string of the molecule is CCOC(=O)CCc1c(C)[nH]n(-c2nc(C)cc(C)n2)c1=O. The minimum absolute atomic E-state index is 0.176. The molecule has 2 heterocycles. The molecule has 0 saturated heterocycles. The molecule has 0 aromatic carbocycles. The molecular weight excluding hydrogens is 284 g/mol. The minimum atomic E-state index is -0.309. The zero-order valence-corrected chi connectivity index (χ0v) is 13.3. The molecule has 0 saturated carbocycles. The summed E-state index contributed by atoms with van der Waals surface area (Å²) >= 11 is 0. The van der Waals surface area contributed by atoms with Crippen LogP contribution in [-0.4, -0.2) is 32.3 Å². The summed E-state index contributed by atoms with van der Waals surface area (Å²) in [6.45, 7) is 7.58. The molecule has 1 N–H and O–H groups in total. The van der Waals surface area contributed by atoms with Crippen LogP contribution in [0.5, 0.6) is 0 Å². The third-order valence-electron chi connectivity index (χ3n) is 3.25. The number of nitrogens with zero attached hydrogens (tertiary/aromatic N) is 3. The smallest absolute Gasteiger partial charge is 0.306 e. The van der Waals surface area contributed by atoms with Crippen molar-refractivity contribution in [2.75, 3.05) is 6.61 Å². The van der Waals surface area contributed by atoms with Crippen molar-refractivity contribution in [1.29, 1.82) is 0 Å². The van der Waals surface area contributed by atoms with Crippen LogP contribution in [0.25, 0.3) is 5.95 Å². The predicted molar refractivity (Wildman–Crippen MR) is 81.1 cm³/mol. The monoisotopic (exact) mass is 304 g/mol. The van der Waals surface area contributed by atoms with E-state index in [0.717, 1.165) is 11.4 Å². The molecule has 0 atom stereocenters. The summed E-state index contributed by atoms with van der Waals surface area (Å²) in [5.74, 6) is 0.00434. The summed E-state index contributed by atoms with van der Waals surface area (Å²) in [6.07, 6.45) is 0.507. The third-order valence-corrected chi connectivity index (χ3v) is 3.25. The summed E-state index contributed by atoms with van der Waals surface area (Å²) in [5.41, 5.74) is 2.60. The molecule has 2 rings (SSSR count). The number of hydrogen-bond acceptors (Lipinski definition) is 5. The normalized spacial score (nSPS) is 10.7. The van der Waals surface area contributed by atoms with Gasteiger partial charge >= 0.3 is 5.97 Å². The molecule has 2 aromatic rings. The van der Waals surface area contributed by atoms with Crippen molar-refractivity contribution >= 4 is 5.97 Å². The zero-order valence-electron chi connectivity index (χ0n) is 13.3. The number of H-pyrrole nitrogens is 1. The number of carbonyl (C=O) groups excluding carboxylic acids is 1. The minimum Gasteiger partial charge on any atom is -0.466 e. The number of aromatic amines is 1. The molecule has 0 bridgehead atoms. The Morgan fingerprint density at radius 1 is 1.27 bits per heavy atom. The summed E-state index contributed by atoms with van der Waals surface area (Å²) in [7, 11) is 0. The first-order chi connectivity index (χ1) is 10.4. The molecule has 0 unspecified atom stereocenters. The topological polar surface area (TPSA) is 89.9 Å². The molecule has 118 valence electrons. The summed E-state index contributed by atoms with van der Waals surface area (Å²) in [4.78, 5) is 32.5. The number of carbonyl (C=O) groups is 1. The van der Waals surface area contributed by atoms with E-state index in [2.05, 4.69) is 15.1 Å². The van der Waals surface area contributed by atoms with E-state index in [-0.39, 0.29) is 17.9 Å². The van der Waals surface area contributed by atoms with E-state index in [4.69, 9.17) is 4.74 Å². The van der Waals surface area contributed by atoms with Crippen molar-refractivity contribution in [2.24, 2.45) is 0 Å². The van der Waals surface area contributed by atoms with Gasteiger partial charge in [0.25, 0.3) is 11.5 Å². The van der Waals surface area contributed by atoms with Crippen LogP contribution >= 0.6 is 0 Å². The van der Waals surface area contributed by atoms with Gasteiger partial charge in [0, 0.05) is 29.1 Å². The van der Waals surface area contributed by atoms with Gasteiger partial charge in [-0.15, -0.1) is 0 Å². The fraction of sp³-hybridized carbons (Fsp3) is 0.467. The van der Waals surface area contributed by atoms with Crippen LogP contribution in [0.4, 0.5) is 0 Å². The van der Waals surface area contributed by atoms with Crippen LogP contribution in [0, 0.1) is 20.8 Å². The Labute approximate surface area is 128 Å². The van der Waals surface area contributed by atoms with Crippen molar-refractivity contribution in [3.63, 3.8) is 0 Å². The highest BCUT2D eigenvalue weighted by Crippen LogP contribution is 2.08. The second kappa shape index (κ2) is 6.55. The average molecular weight is 304 g/mol. The van der Waals surface area contributed by atoms with E-state index in [0.29, 0.717) is 30.2 Å². The molecule has 7 heteroatoms. The molecular formula is C15H20N4O3. The van der Waals surface area contributed by atoms with Crippen molar-refractivity contribution in [3.05, 3.63) is 39.1 Å². The van der Waals surface area contributed by atoms with E-state index < -0.39 is 0 Å². The van der Waals surface area contributed by atoms with Gasteiger partial charge in [0.15, 0.2) is 0 Å². The van der Waals surface area contributed by atoms with Crippen molar-refractivity contribution in [3.8, 4) is 5.95 Å². The quantitative estimate of drug-likeness (QED) is 0.843. The van der Waals surface area contributed by atoms with Gasteiger partial charge in [-0.25, -0.2) is 9.97 Å². The van der Waals surface area contributed by atoms with Gasteiger partial charge < -0.3 is 4.74 Å². The number of hydrogen-bond donors (Lipinski definition) is 1.